The summed E-state index contributed by atoms with van der Waals surface area (Å²) in [6.07, 6.45) is 5.26. The Labute approximate surface area is 253 Å². The van der Waals surface area contributed by atoms with Crippen molar-refractivity contribution in [3.63, 3.8) is 0 Å². The zero-order valence-corrected chi connectivity index (χ0v) is 25.7. The first-order chi connectivity index (χ1) is 20.5. The quantitative estimate of drug-likeness (QED) is 0.262. The van der Waals surface area contributed by atoms with Gasteiger partial charge < -0.3 is 24.6 Å². The summed E-state index contributed by atoms with van der Waals surface area (Å²) in [6, 6.07) is 14.2. The average molecular weight is 591 g/mol. The van der Waals surface area contributed by atoms with Gasteiger partial charge in [-0.05, 0) is 94.2 Å². The van der Waals surface area contributed by atoms with Crippen LogP contribution in [-0.2, 0) is 22.6 Å². The highest BCUT2D eigenvalue weighted by Crippen LogP contribution is 2.51. The summed E-state index contributed by atoms with van der Waals surface area (Å²) >= 11 is 0. The van der Waals surface area contributed by atoms with Crippen molar-refractivity contribution in [3.05, 3.63) is 76.9 Å². The minimum atomic E-state index is -1.29. The molecule has 1 saturated carbocycles. The molecule has 43 heavy (non-hydrogen) atoms. The first kappa shape index (κ1) is 31.0. The van der Waals surface area contributed by atoms with E-state index in [9.17, 15) is 19.4 Å². The van der Waals surface area contributed by atoms with Gasteiger partial charge in [-0.1, -0.05) is 30.7 Å². The summed E-state index contributed by atoms with van der Waals surface area (Å²) in [5.41, 5.74) is 4.66. The normalized spacial score (nSPS) is 17.0. The molecule has 2 heterocycles. The number of aliphatic hydroxyl groups is 1. The van der Waals surface area contributed by atoms with E-state index in [0.717, 1.165) is 54.0 Å². The Morgan fingerprint density at radius 3 is 2.23 bits per heavy atom. The van der Waals surface area contributed by atoms with Gasteiger partial charge in [0.1, 0.15) is 11.6 Å². The molecular formula is C35H43FN2O5. The topological polar surface area (TPSA) is 92.1 Å². The maximum absolute atomic E-state index is 13.2. The number of pyridine rings is 1. The lowest BCUT2D eigenvalue weighted by Gasteiger charge is -2.49. The highest BCUT2D eigenvalue weighted by Gasteiger charge is 2.42. The van der Waals surface area contributed by atoms with Gasteiger partial charge in [-0.25, -0.2) is 9.18 Å². The Bertz CT molecular complexity index is 1420. The largest absolute Gasteiger partial charge is 0.493 e. The molecule has 1 atom stereocenters. The molecule has 2 aromatic carbocycles. The lowest BCUT2D eigenvalue weighted by atomic mass is 9.63. The van der Waals surface area contributed by atoms with Gasteiger partial charge in [-0.15, -0.1) is 0 Å². The van der Waals surface area contributed by atoms with Gasteiger partial charge in [0.05, 0.1) is 30.2 Å². The fourth-order valence-corrected chi connectivity index (χ4v) is 6.45. The van der Waals surface area contributed by atoms with E-state index in [-0.39, 0.29) is 12.4 Å². The summed E-state index contributed by atoms with van der Waals surface area (Å²) < 4.78 is 25.4. The molecule has 8 heteroatoms. The van der Waals surface area contributed by atoms with Gasteiger partial charge >= 0.3 is 5.97 Å². The zero-order valence-electron chi connectivity index (χ0n) is 25.7. The number of hydrogen-bond acceptors (Lipinski definition) is 6. The second-order valence-corrected chi connectivity index (χ2v) is 13.0. The number of carboxylic acid groups (broad SMARTS) is 1. The van der Waals surface area contributed by atoms with Gasteiger partial charge in [0.15, 0.2) is 6.10 Å². The molecule has 2 aliphatic rings. The van der Waals surface area contributed by atoms with Crippen molar-refractivity contribution >= 4 is 11.7 Å². The van der Waals surface area contributed by atoms with Crippen molar-refractivity contribution in [2.24, 2.45) is 5.41 Å². The van der Waals surface area contributed by atoms with Crippen molar-refractivity contribution in [2.45, 2.75) is 84.5 Å². The van der Waals surface area contributed by atoms with E-state index in [2.05, 4.69) is 4.90 Å². The number of hydrogen-bond donors (Lipinski definition) is 2. The summed E-state index contributed by atoms with van der Waals surface area (Å²) in [6.45, 7) is 9.08. The molecule has 230 valence electrons. The highest BCUT2D eigenvalue weighted by atomic mass is 19.1. The molecule has 2 N–H and O–H groups in total. The van der Waals surface area contributed by atoms with E-state index in [0.29, 0.717) is 35.4 Å². The summed E-state index contributed by atoms with van der Waals surface area (Å²) in [5.74, 6) is -0.666. The molecule has 5 rings (SSSR count). The van der Waals surface area contributed by atoms with Gasteiger partial charge in [0, 0.05) is 36.3 Å². The smallest absolute Gasteiger partial charge is 0.337 e. The van der Waals surface area contributed by atoms with Crippen molar-refractivity contribution in [3.8, 4) is 16.9 Å². The minimum absolute atomic E-state index is 0.258. The Kier molecular flexibility index (Phi) is 9.09. The van der Waals surface area contributed by atoms with Crippen molar-refractivity contribution in [1.82, 2.24) is 4.98 Å². The maximum Gasteiger partial charge on any atom is 0.337 e. The molecule has 0 bridgehead atoms. The number of carboxylic acids is 1. The van der Waals surface area contributed by atoms with Crippen LogP contribution in [0.5, 0.6) is 5.75 Å². The van der Waals surface area contributed by atoms with Crippen LogP contribution in [0.25, 0.3) is 11.1 Å². The van der Waals surface area contributed by atoms with Crippen LogP contribution in [0, 0.1) is 18.2 Å². The molecule has 1 aliphatic carbocycles. The van der Waals surface area contributed by atoms with Crippen molar-refractivity contribution in [1.29, 1.82) is 0 Å². The van der Waals surface area contributed by atoms with Gasteiger partial charge in [0.25, 0.3) is 0 Å². The molecule has 1 aliphatic heterocycles. The number of carbonyl (C=O) groups is 1. The van der Waals surface area contributed by atoms with E-state index in [1.54, 1.807) is 12.1 Å². The number of rotatable bonds is 10. The third-order valence-electron chi connectivity index (χ3n) is 8.85. The third kappa shape index (κ3) is 7.02. The van der Waals surface area contributed by atoms with Crippen molar-refractivity contribution < 1.29 is 28.9 Å². The van der Waals surface area contributed by atoms with E-state index in [4.69, 9.17) is 14.5 Å². The molecule has 2 fully saturated rings. The number of aromatic nitrogens is 1. The number of aliphatic hydroxyl groups excluding tert-OH is 1. The zero-order chi connectivity index (χ0) is 30.8. The Morgan fingerprint density at radius 1 is 1.05 bits per heavy atom. The Hall–Kier alpha value is -3.49. The highest BCUT2D eigenvalue weighted by molar-refractivity contribution is 5.88. The monoisotopic (exact) mass is 590 g/mol. The molecule has 1 saturated heterocycles. The number of aryl methyl sites for hydroxylation is 1. The van der Waals surface area contributed by atoms with Crippen LogP contribution in [0.15, 0.2) is 48.5 Å². The molecule has 1 unspecified atom stereocenters. The molecule has 3 aromatic rings. The predicted octanol–water partition coefficient (Wildman–Crippen LogP) is 7.02. The predicted molar refractivity (Wildman–Crippen MR) is 165 cm³/mol. The van der Waals surface area contributed by atoms with E-state index in [1.807, 2.05) is 52.0 Å². The number of halogens is 1. The Morgan fingerprint density at radius 2 is 1.70 bits per heavy atom. The van der Waals surface area contributed by atoms with E-state index < -0.39 is 17.7 Å². The number of aliphatic carboxylic acids is 1. The summed E-state index contributed by atoms with van der Waals surface area (Å²) in [5, 5.41) is 20.9. The first-order valence-corrected chi connectivity index (χ1v) is 15.3. The van der Waals surface area contributed by atoms with Crippen LogP contribution < -0.4 is 9.64 Å². The lowest BCUT2D eigenvalue weighted by Crippen LogP contribution is -2.44. The molecule has 1 spiro atoms. The van der Waals surface area contributed by atoms with E-state index >= 15 is 0 Å². The molecule has 1 aromatic heterocycles. The fourth-order valence-electron chi connectivity index (χ4n) is 6.45. The molecular weight excluding hydrogens is 547 g/mol. The number of anilines is 1. The molecule has 0 radical (unpaired) electrons. The number of benzene rings is 2. The molecule has 7 nitrogen and oxygen atoms in total. The maximum atomic E-state index is 13.2. The minimum Gasteiger partial charge on any atom is -0.493 e. The van der Waals surface area contributed by atoms with Crippen LogP contribution in [0.4, 0.5) is 10.1 Å². The van der Waals surface area contributed by atoms with Crippen LogP contribution >= 0.6 is 0 Å². The summed E-state index contributed by atoms with van der Waals surface area (Å²) in [7, 11) is 0. The van der Waals surface area contributed by atoms with Crippen molar-refractivity contribution in [2.75, 3.05) is 24.6 Å². The SMILES string of the molecule is Cc1nc(CO)c(C(OC(C)(C)C)C(=O)O)c(N2CCC3(CCC3)CC2)c1-c1ccc(OCCc2ccc(F)cc2)cc1. The summed E-state index contributed by atoms with van der Waals surface area (Å²) in [4.78, 5) is 19.8. The van der Waals surface area contributed by atoms with E-state index in [1.165, 1.54) is 31.4 Å². The lowest BCUT2D eigenvalue weighted by molar-refractivity contribution is -0.160. The average Bonchev–Trinajstić information content (AvgIpc) is 2.95. The van der Waals surface area contributed by atoms with Crippen LogP contribution in [0.2, 0.25) is 0 Å². The molecule has 0 amide bonds. The standard InChI is InChI=1S/C35H43FN2O5/c1-23-29(25-8-12-27(13-9-25)42-21-14-24-6-10-26(36)11-7-24)31(38-19-17-35(18-20-38)15-5-16-35)30(28(22-39)37-23)32(33(40)41)43-34(2,3)4/h6-13,32,39H,5,14-22H2,1-4H3,(H,40,41). The van der Waals surface area contributed by atoms with Gasteiger partial charge in [0.2, 0.25) is 0 Å². The first-order valence-electron chi connectivity index (χ1n) is 15.3. The van der Waals surface area contributed by atoms with Gasteiger partial charge in [-0.3, -0.25) is 4.98 Å². The third-order valence-corrected chi connectivity index (χ3v) is 8.85. The number of nitrogens with zero attached hydrogens (tertiary/aromatic N) is 2. The second-order valence-electron chi connectivity index (χ2n) is 13.0. The van der Waals surface area contributed by atoms with Crippen LogP contribution in [0.3, 0.4) is 0 Å². The fraction of sp³-hybridized carbons (Fsp3) is 0.486. The Balaban J connectivity index is 1.51. The van der Waals surface area contributed by atoms with Gasteiger partial charge in [-0.2, -0.15) is 0 Å². The second kappa shape index (κ2) is 12.6. The number of piperidine rings is 1. The number of ether oxygens (including phenoxy) is 2. The van der Waals surface area contributed by atoms with Crippen LogP contribution in [-0.4, -0.2) is 46.5 Å². The van der Waals surface area contributed by atoms with Crippen LogP contribution in [0.1, 0.15) is 81.5 Å².